The van der Waals surface area contributed by atoms with Crippen molar-refractivity contribution in [2.45, 2.75) is 0 Å². The predicted octanol–water partition coefficient (Wildman–Crippen LogP) is 3.60. The molecule has 2 aliphatic heterocycles. The fraction of sp³-hybridized carbons (Fsp3) is 0.318. The van der Waals surface area contributed by atoms with Gasteiger partial charge in [0.05, 0.1) is 11.4 Å². The summed E-state index contributed by atoms with van der Waals surface area (Å²) in [5.74, 6) is -2.75. The van der Waals surface area contributed by atoms with Gasteiger partial charge in [-0.15, -0.1) is 11.3 Å². The number of nitrogens with zero attached hydrogens (tertiary/aromatic N) is 3. The number of carboxylic acids is 1. The molecule has 1 amide bonds. The lowest BCUT2D eigenvalue weighted by atomic mass is 10.1. The number of thiophene rings is 1. The molecule has 0 atom stereocenters. The van der Waals surface area contributed by atoms with Crippen LogP contribution in [0.15, 0.2) is 34.6 Å². The zero-order valence-corrected chi connectivity index (χ0v) is 19.9. The highest BCUT2D eigenvalue weighted by Crippen LogP contribution is 2.35. The Morgan fingerprint density at radius 3 is 2.48 bits per heavy atom. The van der Waals surface area contributed by atoms with E-state index in [1.54, 1.807) is 11.0 Å². The first kappa shape index (κ1) is 24.0. The predicted molar refractivity (Wildman–Crippen MR) is 130 cm³/mol. The Morgan fingerprint density at radius 1 is 1.06 bits per heavy atom. The lowest BCUT2D eigenvalue weighted by Gasteiger charge is -2.34. The van der Waals surface area contributed by atoms with Gasteiger partial charge in [-0.2, -0.15) is 0 Å². The highest BCUT2D eigenvalue weighted by molar-refractivity contribution is 8.26. The molecule has 0 saturated carbocycles. The van der Waals surface area contributed by atoms with Crippen LogP contribution >= 0.6 is 35.3 Å². The van der Waals surface area contributed by atoms with Crippen LogP contribution in [0.2, 0.25) is 0 Å². The first-order chi connectivity index (χ1) is 15.8. The molecule has 4 rings (SSSR count). The van der Waals surface area contributed by atoms with Crippen molar-refractivity contribution in [3.05, 3.63) is 51.1 Å². The highest BCUT2D eigenvalue weighted by Gasteiger charge is 2.32. The molecule has 0 radical (unpaired) electrons. The molecule has 6 nitrogen and oxygen atoms in total. The molecule has 1 aromatic heterocycles. The third-order valence-corrected chi connectivity index (χ3v) is 7.74. The molecule has 2 aromatic rings. The quantitative estimate of drug-likeness (QED) is 0.452. The van der Waals surface area contributed by atoms with Crippen LogP contribution in [0, 0.1) is 11.6 Å². The second kappa shape index (κ2) is 10.4. The second-order valence-corrected chi connectivity index (χ2v) is 10.3. The summed E-state index contributed by atoms with van der Waals surface area (Å²) >= 11 is 8.08. The topological polar surface area (TPSA) is 64.1 Å². The number of carbonyl (C=O) groups is 2. The highest BCUT2D eigenvalue weighted by atomic mass is 32.2. The van der Waals surface area contributed by atoms with E-state index < -0.39 is 17.6 Å². The summed E-state index contributed by atoms with van der Waals surface area (Å²) in [6.45, 7) is 4.06. The number of amides is 1. The van der Waals surface area contributed by atoms with Crippen molar-refractivity contribution >= 4 is 57.6 Å². The second-order valence-electron chi connectivity index (χ2n) is 7.71. The van der Waals surface area contributed by atoms with Gasteiger partial charge in [0.1, 0.15) is 4.32 Å². The number of carboxylic acid groups (broad SMARTS) is 1. The number of rotatable bonds is 7. The molecule has 1 N–H and O–H groups in total. The van der Waals surface area contributed by atoms with Crippen LogP contribution in [0.1, 0.15) is 4.88 Å². The Bertz CT molecular complexity index is 1110. The largest absolute Gasteiger partial charge is 0.480 e. The summed E-state index contributed by atoms with van der Waals surface area (Å²) in [5, 5.41) is 10.7. The molecular weight excluding hydrogens is 488 g/mol. The molecule has 0 aliphatic carbocycles. The molecule has 11 heteroatoms. The summed E-state index contributed by atoms with van der Waals surface area (Å²) in [4.78, 5) is 30.8. The average Bonchev–Trinajstić information content (AvgIpc) is 3.34. The molecule has 0 spiro atoms. The van der Waals surface area contributed by atoms with E-state index in [-0.39, 0.29) is 12.5 Å². The molecule has 2 fully saturated rings. The van der Waals surface area contributed by atoms with Crippen LogP contribution in [-0.2, 0) is 9.59 Å². The number of benzene rings is 1. The molecule has 0 unspecified atom stereocenters. The van der Waals surface area contributed by atoms with Gasteiger partial charge in [-0.3, -0.25) is 24.3 Å². The summed E-state index contributed by atoms with van der Waals surface area (Å²) in [6, 6.07) is 5.60. The number of hydrogen-bond acceptors (Lipinski definition) is 7. The number of aliphatic carboxylic acids is 1. The maximum absolute atomic E-state index is 13.5. The lowest BCUT2D eigenvalue weighted by molar-refractivity contribution is -0.138. The van der Waals surface area contributed by atoms with Crippen molar-refractivity contribution in [2.24, 2.45) is 0 Å². The van der Waals surface area contributed by atoms with Crippen LogP contribution in [0.5, 0.6) is 0 Å². The zero-order valence-electron chi connectivity index (χ0n) is 17.5. The molecule has 2 aliphatic rings. The molecule has 33 heavy (non-hydrogen) atoms. The van der Waals surface area contributed by atoms with Crippen LogP contribution in [-0.4, -0.2) is 81.8 Å². The third-order valence-electron chi connectivity index (χ3n) is 5.48. The van der Waals surface area contributed by atoms with E-state index in [1.165, 1.54) is 29.2 Å². The molecule has 174 valence electrons. The van der Waals surface area contributed by atoms with Crippen LogP contribution < -0.4 is 0 Å². The molecule has 1 aromatic carbocycles. The first-order valence-electron chi connectivity index (χ1n) is 10.3. The van der Waals surface area contributed by atoms with Crippen LogP contribution in [0.4, 0.5) is 8.78 Å². The van der Waals surface area contributed by atoms with Gasteiger partial charge >= 0.3 is 5.97 Å². The molecule has 0 bridgehead atoms. The maximum Gasteiger partial charge on any atom is 0.317 e. The Kier molecular flexibility index (Phi) is 7.55. The van der Waals surface area contributed by atoms with E-state index in [0.717, 1.165) is 35.7 Å². The number of piperazine rings is 1. The minimum atomic E-state index is -0.899. The Labute approximate surface area is 203 Å². The average molecular weight is 510 g/mol. The number of thiocarbonyl (C=S) groups is 1. The Morgan fingerprint density at radius 2 is 1.79 bits per heavy atom. The van der Waals surface area contributed by atoms with Crippen LogP contribution in [0.25, 0.3) is 17.2 Å². The van der Waals surface area contributed by atoms with E-state index >= 15 is 0 Å². The summed E-state index contributed by atoms with van der Waals surface area (Å²) in [5.41, 5.74) is 1.32. The van der Waals surface area contributed by atoms with Gasteiger partial charge in [-0.05, 0) is 40.8 Å². The first-order valence-corrected chi connectivity index (χ1v) is 12.4. The van der Waals surface area contributed by atoms with Gasteiger partial charge in [-0.1, -0.05) is 30.0 Å². The lowest BCUT2D eigenvalue weighted by Crippen LogP contribution is -2.49. The van der Waals surface area contributed by atoms with Crippen molar-refractivity contribution in [3.63, 3.8) is 0 Å². The van der Waals surface area contributed by atoms with E-state index in [0.29, 0.717) is 41.0 Å². The minimum Gasteiger partial charge on any atom is -0.480 e. The SMILES string of the molecule is O=C(O)CN1CCN(CCN2C(=O)C(=Cc3cc(-c4ccc(F)c(F)c4)cs3)SC2=S)CC1. The zero-order chi connectivity index (χ0) is 23.5. The fourth-order valence-electron chi connectivity index (χ4n) is 3.68. The van der Waals surface area contributed by atoms with E-state index in [9.17, 15) is 18.4 Å². The van der Waals surface area contributed by atoms with Crippen molar-refractivity contribution in [1.29, 1.82) is 0 Å². The van der Waals surface area contributed by atoms with E-state index in [2.05, 4.69) is 4.90 Å². The van der Waals surface area contributed by atoms with Gasteiger partial charge < -0.3 is 5.11 Å². The Balaban J connectivity index is 1.35. The normalized spacial score (nSPS) is 19.1. The van der Waals surface area contributed by atoms with Gasteiger partial charge in [0, 0.05) is 44.1 Å². The molecule has 2 saturated heterocycles. The summed E-state index contributed by atoms with van der Waals surface area (Å²) in [7, 11) is 0. The standard InChI is InChI=1S/C22H21F2N3O3S3/c23-17-2-1-14(10-18(17)24)15-9-16(32-13-15)11-19-21(30)27(22(31)33-19)8-7-25-3-5-26(6-4-25)12-20(28)29/h1-2,9-11,13H,3-8,12H2,(H,28,29). The maximum atomic E-state index is 13.5. The summed E-state index contributed by atoms with van der Waals surface area (Å²) in [6.07, 6.45) is 1.78. The fourth-order valence-corrected chi connectivity index (χ4v) is 5.90. The van der Waals surface area contributed by atoms with Crippen molar-refractivity contribution < 1.29 is 23.5 Å². The minimum absolute atomic E-state index is 0.0495. The van der Waals surface area contributed by atoms with Crippen molar-refractivity contribution in [1.82, 2.24) is 14.7 Å². The van der Waals surface area contributed by atoms with Crippen molar-refractivity contribution in [3.8, 4) is 11.1 Å². The third kappa shape index (κ3) is 5.85. The summed E-state index contributed by atoms with van der Waals surface area (Å²) < 4.78 is 27.2. The van der Waals surface area contributed by atoms with Crippen LogP contribution in [0.3, 0.4) is 0 Å². The number of carbonyl (C=O) groups excluding carboxylic acids is 1. The van der Waals surface area contributed by atoms with Gasteiger partial charge in [0.25, 0.3) is 5.91 Å². The Hall–Kier alpha value is -2.18. The number of halogens is 2. The number of hydrogen-bond donors (Lipinski definition) is 1. The molecule has 3 heterocycles. The van der Waals surface area contributed by atoms with Gasteiger partial charge in [0.2, 0.25) is 0 Å². The van der Waals surface area contributed by atoms with Gasteiger partial charge in [-0.25, -0.2) is 8.78 Å². The van der Waals surface area contributed by atoms with Gasteiger partial charge in [0.15, 0.2) is 11.6 Å². The number of thioether (sulfide) groups is 1. The van der Waals surface area contributed by atoms with E-state index in [1.807, 2.05) is 16.3 Å². The smallest absolute Gasteiger partial charge is 0.317 e. The van der Waals surface area contributed by atoms with Crippen molar-refractivity contribution in [2.75, 3.05) is 45.8 Å². The molecular formula is C22H21F2N3O3S3. The van der Waals surface area contributed by atoms with E-state index in [4.69, 9.17) is 17.3 Å². The monoisotopic (exact) mass is 509 g/mol.